The Kier molecular flexibility index (Phi) is 7.48. The summed E-state index contributed by atoms with van der Waals surface area (Å²) < 4.78 is 5.17. The maximum atomic E-state index is 12.1. The molecule has 4 heteroatoms. The number of rotatable bonds is 9. The maximum absolute atomic E-state index is 12.1. The molecule has 2 aromatic carbocycles. The largest absolute Gasteiger partial charge is 0.497 e. The smallest absolute Gasteiger partial charge is 0.234 e. The van der Waals surface area contributed by atoms with E-state index in [1.807, 2.05) is 37.4 Å². The van der Waals surface area contributed by atoms with Crippen LogP contribution in [-0.4, -0.2) is 38.1 Å². The number of ether oxygens (including phenoxy) is 1. The highest BCUT2D eigenvalue weighted by Crippen LogP contribution is 2.12. The van der Waals surface area contributed by atoms with Crippen molar-refractivity contribution in [3.63, 3.8) is 0 Å². The van der Waals surface area contributed by atoms with Gasteiger partial charge < -0.3 is 10.1 Å². The van der Waals surface area contributed by atoms with Gasteiger partial charge in [-0.15, -0.1) is 0 Å². The van der Waals surface area contributed by atoms with Gasteiger partial charge in [-0.25, -0.2) is 0 Å². The molecule has 1 amide bonds. The molecule has 0 atom stereocenters. The fraction of sp³-hybridized carbons (Fsp3) is 0.381. The molecule has 25 heavy (non-hydrogen) atoms. The quantitative estimate of drug-likeness (QED) is 0.762. The first-order valence-corrected chi connectivity index (χ1v) is 8.71. The van der Waals surface area contributed by atoms with Crippen LogP contribution in [0.25, 0.3) is 0 Å². The number of nitrogens with zero attached hydrogens (tertiary/aromatic N) is 1. The Balaban J connectivity index is 1.66. The molecule has 1 N–H and O–H groups in total. The van der Waals surface area contributed by atoms with Crippen LogP contribution in [-0.2, 0) is 17.8 Å². The topological polar surface area (TPSA) is 41.6 Å². The average molecular weight is 340 g/mol. The van der Waals surface area contributed by atoms with Crippen LogP contribution in [0.15, 0.2) is 48.5 Å². The normalized spacial score (nSPS) is 10.7. The number of carbonyl (C=O) groups is 1. The van der Waals surface area contributed by atoms with Crippen LogP contribution in [0.3, 0.4) is 0 Å². The maximum Gasteiger partial charge on any atom is 0.234 e. The zero-order chi connectivity index (χ0) is 18.1. The van der Waals surface area contributed by atoms with Gasteiger partial charge in [0.2, 0.25) is 5.91 Å². The molecule has 2 aromatic rings. The average Bonchev–Trinajstić information content (AvgIpc) is 2.61. The van der Waals surface area contributed by atoms with E-state index in [1.54, 1.807) is 7.11 Å². The predicted octanol–water partition coefficient (Wildman–Crippen LogP) is 3.18. The fourth-order valence-electron chi connectivity index (χ4n) is 2.73. The number of likely N-dealkylation sites (N-methyl/N-ethyl adjacent to an activating group) is 1. The third-order valence-corrected chi connectivity index (χ3v) is 4.32. The lowest BCUT2D eigenvalue weighted by molar-refractivity contribution is -0.122. The van der Waals surface area contributed by atoms with E-state index in [-0.39, 0.29) is 5.91 Å². The summed E-state index contributed by atoms with van der Waals surface area (Å²) in [5, 5.41) is 3.00. The van der Waals surface area contributed by atoms with Gasteiger partial charge in [0.15, 0.2) is 0 Å². The van der Waals surface area contributed by atoms with Crippen molar-refractivity contribution in [3.8, 4) is 5.75 Å². The van der Waals surface area contributed by atoms with Gasteiger partial charge >= 0.3 is 0 Å². The van der Waals surface area contributed by atoms with Gasteiger partial charge in [0, 0.05) is 6.54 Å². The minimum absolute atomic E-state index is 0.0650. The van der Waals surface area contributed by atoms with Crippen molar-refractivity contribution in [1.29, 1.82) is 0 Å². The molecule has 0 aliphatic heterocycles. The molecule has 0 aliphatic rings. The molecular formula is C21H28N2O2. The van der Waals surface area contributed by atoms with Gasteiger partial charge in [0.05, 0.1) is 13.7 Å². The molecule has 0 saturated heterocycles. The van der Waals surface area contributed by atoms with Crippen LogP contribution in [0.5, 0.6) is 5.75 Å². The van der Waals surface area contributed by atoms with Crippen molar-refractivity contribution in [2.45, 2.75) is 26.3 Å². The monoisotopic (exact) mass is 340 g/mol. The molecule has 0 heterocycles. The van der Waals surface area contributed by atoms with Crippen molar-refractivity contribution in [3.05, 3.63) is 65.2 Å². The lowest BCUT2D eigenvalue weighted by Crippen LogP contribution is -2.35. The summed E-state index contributed by atoms with van der Waals surface area (Å²) >= 11 is 0. The summed E-state index contributed by atoms with van der Waals surface area (Å²) in [5.41, 5.74) is 3.66. The Morgan fingerprint density at radius 2 is 1.84 bits per heavy atom. The van der Waals surface area contributed by atoms with Crippen molar-refractivity contribution in [2.75, 3.05) is 27.2 Å². The standard InChI is InChI=1S/C21H28N2O2/c1-17-7-4-5-9-19(17)15-22-21(24)16-23(2)14-6-8-18-10-12-20(25-3)13-11-18/h4-5,7,9-13H,6,8,14-16H2,1-3H3,(H,22,24). The van der Waals surface area contributed by atoms with Gasteiger partial charge in [-0.3, -0.25) is 9.69 Å². The van der Waals surface area contributed by atoms with E-state index >= 15 is 0 Å². The van der Waals surface area contributed by atoms with Crippen LogP contribution >= 0.6 is 0 Å². The number of amides is 1. The summed E-state index contributed by atoms with van der Waals surface area (Å²) in [7, 11) is 3.66. The number of nitrogens with one attached hydrogen (secondary N) is 1. The van der Waals surface area contributed by atoms with E-state index in [1.165, 1.54) is 11.1 Å². The van der Waals surface area contributed by atoms with Crippen molar-refractivity contribution in [2.24, 2.45) is 0 Å². The summed E-state index contributed by atoms with van der Waals surface area (Å²) in [4.78, 5) is 14.1. The Bertz CT molecular complexity index is 668. The molecule has 0 bridgehead atoms. The molecule has 134 valence electrons. The van der Waals surface area contributed by atoms with Crippen LogP contribution in [0, 0.1) is 6.92 Å². The predicted molar refractivity (Wildman–Crippen MR) is 102 cm³/mol. The van der Waals surface area contributed by atoms with E-state index in [9.17, 15) is 4.79 Å². The Morgan fingerprint density at radius 3 is 2.52 bits per heavy atom. The third kappa shape index (κ3) is 6.59. The van der Waals surface area contributed by atoms with E-state index in [0.29, 0.717) is 13.1 Å². The molecular weight excluding hydrogens is 312 g/mol. The molecule has 0 spiro atoms. The van der Waals surface area contributed by atoms with Gasteiger partial charge in [0.1, 0.15) is 5.75 Å². The fourth-order valence-corrected chi connectivity index (χ4v) is 2.73. The van der Waals surface area contributed by atoms with Gasteiger partial charge in [-0.1, -0.05) is 36.4 Å². The highest BCUT2D eigenvalue weighted by Gasteiger charge is 2.07. The first-order chi connectivity index (χ1) is 12.1. The number of hydrogen-bond acceptors (Lipinski definition) is 3. The first kappa shape index (κ1) is 19.0. The Labute approximate surface area is 150 Å². The molecule has 4 nitrogen and oxygen atoms in total. The van der Waals surface area contributed by atoms with E-state index < -0.39 is 0 Å². The molecule has 0 unspecified atom stereocenters. The highest BCUT2D eigenvalue weighted by atomic mass is 16.5. The van der Waals surface area contributed by atoms with Gasteiger partial charge in [0.25, 0.3) is 0 Å². The zero-order valence-corrected chi connectivity index (χ0v) is 15.4. The van der Waals surface area contributed by atoms with Crippen molar-refractivity contribution in [1.82, 2.24) is 10.2 Å². The van der Waals surface area contributed by atoms with Crippen LogP contribution in [0.1, 0.15) is 23.1 Å². The van der Waals surface area contributed by atoms with Gasteiger partial charge in [-0.2, -0.15) is 0 Å². The van der Waals surface area contributed by atoms with Crippen LogP contribution < -0.4 is 10.1 Å². The number of methoxy groups -OCH3 is 1. The Hall–Kier alpha value is -2.33. The number of hydrogen-bond donors (Lipinski definition) is 1. The summed E-state index contributed by atoms with van der Waals surface area (Å²) in [6.07, 6.45) is 2.02. The summed E-state index contributed by atoms with van der Waals surface area (Å²) in [6, 6.07) is 16.3. The van der Waals surface area contributed by atoms with Crippen molar-refractivity contribution < 1.29 is 9.53 Å². The van der Waals surface area contributed by atoms with E-state index in [0.717, 1.165) is 30.7 Å². The minimum atomic E-state index is 0.0650. The SMILES string of the molecule is COc1ccc(CCCN(C)CC(=O)NCc2ccccc2C)cc1. The molecule has 0 aromatic heterocycles. The van der Waals surface area contributed by atoms with Crippen molar-refractivity contribution >= 4 is 5.91 Å². The van der Waals surface area contributed by atoms with Crippen LogP contribution in [0.2, 0.25) is 0 Å². The molecule has 2 rings (SSSR count). The molecule has 0 radical (unpaired) electrons. The first-order valence-electron chi connectivity index (χ1n) is 8.71. The number of carbonyl (C=O) groups excluding carboxylic acids is 1. The number of benzene rings is 2. The second-order valence-corrected chi connectivity index (χ2v) is 6.39. The molecule has 0 saturated carbocycles. The summed E-state index contributed by atoms with van der Waals surface area (Å²) in [6.45, 7) is 3.97. The molecule has 0 fully saturated rings. The zero-order valence-electron chi connectivity index (χ0n) is 15.4. The summed E-state index contributed by atoms with van der Waals surface area (Å²) in [5.74, 6) is 0.946. The lowest BCUT2D eigenvalue weighted by atomic mass is 10.1. The Morgan fingerprint density at radius 1 is 1.12 bits per heavy atom. The number of aryl methyl sites for hydroxylation is 2. The van der Waals surface area contributed by atoms with E-state index in [4.69, 9.17) is 4.74 Å². The second-order valence-electron chi connectivity index (χ2n) is 6.39. The third-order valence-electron chi connectivity index (χ3n) is 4.32. The lowest BCUT2D eigenvalue weighted by Gasteiger charge is -2.16. The molecule has 0 aliphatic carbocycles. The second kappa shape index (κ2) is 9.84. The van der Waals surface area contributed by atoms with E-state index in [2.05, 4.69) is 35.3 Å². The highest BCUT2D eigenvalue weighted by molar-refractivity contribution is 5.78. The minimum Gasteiger partial charge on any atom is -0.497 e. The van der Waals surface area contributed by atoms with Gasteiger partial charge in [-0.05, 0) is 62.2 Å². The van der Waals surface area contributed by atoms with Crippen LogP contribution in [0.4, 0.5) is 0 Å².